The molecule has 0 aliphatic carbocycles. The predicted octanol–water partition coefficient (Wildman–Crippen LogP) is 3.70. The number of methoxy groups -OCH3 is 1. The van der Waals surface area contributed by atoms with Crippen LogP contribution in [0.1, 0.15) is 17.4 Å². The molecular formula is C17H16N2O3S. The second-order valence-corrected chi connectivity index (χ2v) is 5.40. The number of H-pyrrole nitrogens is 1. The highest BCUT2D eigenvalue weighted by molar-refractivity contribution is 7.80. The highest BCUT2D eigenvalue weighted by Gasteiger charge is 2.23. The fourth-order valence-electron chi connectivity index (χ4n) is 2.56. The lowest BCUT2D eigenvalue weighted by atomic mass is 10.0. The van der Waals surface area contributed by atoms with Gasteiger partial charge in [-0.25, -0.2) is 9.78 Å². The number of ether oxygens (including phenoxy) is 2. The van der Waals surface area contributed by atoms with Crippen LogP contribution in [-0.4, -0.2) is 29.7 Å². The Hall–Kier alpha value is -2.47. The normalized spacial score (nSPS) is 10.7. The molecule has 118 valence electrons. The Balaban J connectivity index is 2.33. The van der Waals surface area contributed by atoms with Gasteiger partial charge in [0.1, 0.15) is 5.69 Å². The number of pyridine rings is 1. The molecule has 2 heterocycles. The van der Waals surface area contributed by atoms with Gasteiger partial charge >= 0.3 is 5.97 Å². The molecule has 0 bridgehead atoms. The second kappa shape index (κ2) is 6.34. The monoisotopic (exact) mass is 328 g/mol. The SMILES string of the molecule is CCOC(=O)c1[nH]c2ccc(S)cc2c1-c1cccnc1OC. The van der Waals surface area contributed by atoms with Gasteiger partial charge in [-0.1, -0.05) is 0 Å². The van der Waals surface area contributed by atoms with E-state index in [2.05, 4.69) is 22.6 Å². The van der Waals surface area contributed by atoms with Crippen LogP contribution in [0.5, 0.6) is 5.88 Å². The third kappa shape index (κ3) is 2.77. The number of hydrogen-bond acceptors (Lipinski definition) is 5. The molecule has 23 heavy (non-hydrogen) atoms. The van der Waals surface area contributed by atoms with Gasteiger partial charge in [-0.15, -0.1) is 12.6 Å². The van der Waals surface area contributed by atoms with E-state index in [9.17, 15) is 4.79 Å². The molecule has 0 unspecified atom stereocenters. The molecule has 0 saturated heterocycles. The number of nitrogens with zero attached hydrogens (tertiary/aromatic N) is 1. The molecular weight excluding hydrogens is 312 g/mol. The first-order chi connectivity index (χ1) is 11.2. The third-order valence-corrected chi connectivity index (χ3v) is 3.77. The Bertz CT molecular complexity index is 873. The molecule has 1 aromatic carbocycles. The number of fused-ring (bicyclic) bond motifs is 1. The van der Waals surface area contributed by atoms with Gasteiger partial charge in [0.05, 0.1) is 13.7 Å². The Morgan fingerprint density at radius 1 is 1.35 bits per heavy atom. The van der Waals surface area contributed by atoms with E-state index >= 15 is 0 Å². The number of carbonyl (C=O) groups excluding carboxylic acids is 1. The van der Waals surface area contributed by atoms with E-state index in [0.717, 1.165) is 21.4 Å². The highest BCUT2D eigenvalue weighted by atomic mass is 32.1. The van der Waals surface area contributed by atoms with Gasteiger partial charge in [-0.2, -0.15) is 0 Å². The number of thiol groups is 1. The number of hydrogen-bond donors (Lipinski definition) is 2. The minimum Gasteiger partial charge on any atom is -0.481 e. The summed E-state index contributed by atoms with van der Waals surface area (Å²) < 4.78 is 10.5. The van der Waals surface area contributed by atoms with Crippen molar-refractivity contribution in [2.45, 2.75) is 11.8 Å². The van der Waals surface area contributed by atoms with E-state index in [1.165, 1.54) is 0 Å². The molecule has 0 radical (unpaired) electrons. The smallest absolute Gasteiger partial charge is 0.355 e. The maximum absolute atomic E-state index is 12.4. The quantitative estimate of drug-likeness (QED) is 0.566. The van der Waals surface area contributed by atoms with Crippen molar-refractivity contribution >= 4 is 29.5 Å². The van der Waals surface area contributed by atoms with Crippen LogP contribution in [0.4, 0.5) is 0 Å². The maximum atomic E-state index is 12.4. The topological polar surface area (TPSA) is 64.2 Å². The Morgan fingerprint density at radius 2 is 2.17 bits per heavy atom. The standard InChI is InChI=1S/C17H16N2O3S/c1-3-22-17(20)15-14(11-5-4-8-18-16(11)21-2)12-9-10(23)6-7-13(12)19-15/h4-9,19,23H,3H2,1-2H3. The van der Waals surface area contributed by atoms with Crippen LogP contribution in [0.25, 0.3) is 22.0 Å². The number of esters is 1. The molecule has 0 spiro atoms. The average Bonchev–Trinajstić information content (AvgIpc) is 2.93. The maximum Gasteiger partial charge on any atom is 0.355 e. The van der Waals surface area contributed by atoms with E-state index in [4.69, 9.17) is 9.47 Å². The zero-order valence-corrected chi connectivity index (χ0v) is 13.7. The van der Waals surface area contributed by atoms with Gasteiger partial charge in [0.25, 0.3) is 0 Å². The summed E-state index contributed by atoms with van der Waals surface area (Å²) in [6, 6.07) is 9.31. The van der Waals surface area contributed by atoms with Gasteiger partial charge in [0, 0.05) is 33.1 Å². The molecule has 0 aliphatic rings. The molecule has 2 aromatic heterocycles. The summed E-state index contributed by atoms with van der Waals surface area (Å²) in [7, 11) is 1.55. The third-order valence-electron chi connectivity index (χ3n) is 3.50. The number of rotatable bonds is 4. The van der Waals surface area contributed by atoms with Crippen molar-refractivity contribution in [2.24, 2.45) is 0 Å². The minimum atomic E-state index is -0.412. The van der Waals surface area contributed by atoms with Gasteiger partial charge in [0.15, 0.2) is 0 Å². The lowest BCUT2D eigenvalue weighted by Crippen LogP contribution is -2.06. The second-order valence-electron chi connectivity index (χ2n) is 4.89. The van der Waals surface area contributed by atoms with Crippen LogP contribution in [0.2, 0.25) is 0 Å². The van der Waals surface area contributed by atoms with Crippen molar-refractivity contribution in [3.63, 3.8) is 0 Å². The number of aromatic amines is 1. The zero-order chi connectivity index (χ0) is 16.4. The van der Waals surface area contributed by atoms with E-state index in [1.54, 1.807) is 26.3 Å². The minimum absolute atomic E-state index is 0.301. The van der Waals surface area contributed by atoms with Crippen molar-refractivity contribution in [2.75, 3.05) is 13.7 Å². The number of carbonyl (C=O) groups is 1. The largest absolute Gasteiger partial charge is 0.481 e. The zero-order valence-electron chi connectivity index (χ0n) is 12.8. The summed E-state index contributed by atoms with van der Waals surface area (Å²) in [5.74, 6) is 0.0360. The van der Waals surface area contributed by atoms with Crippen molar-refractivity contribution in [3.8, 4) is 17.0 Å². The lowest BCUT2D eigenvalue weighted by molar-refractivity contribution is 0.0521. The van der Waals surface area contributed by atoms with Gasteiger partial charge < -0.3 is 14.5 Å². The van der Waals surface area contributed by atoms with Crippen LogP contribution < -0.4 is 4.74 Å². The van der Waals surface area contributed by atoms with E-state index in [-0.39, 0.29) is 0 Å². The Labute approximate surface area is 139 Å². The molecule has 3 rings (SSSR count). The fraction of sp³-hybridized carbons (Fsp3) is 0.176. The van der Waals surface area contributed by atoms with Crippen molar-refractivity contribution in [1.29, 1.82) is 0 Å². The molecule has 0 saturated carbocycles. The van der Waals surface area contributed by atoms with Crippen molar-refractivity contribution < 1.29 is 14.3 Å². The fourth-order valence-corrected chi connectivity index (χ4v) is 2.76. The van der Waals surface area contributed by atoms with Gasteiger partial charge in [-0.3, -0.25) is 0 Å². The Morgan fingerprint density at radius 3 is 2.91 bits per heavy atom. The molecule has 5 nitrogen and oxygen atoms in total. The van der Waals surface area contributed by atoms with Gasteiger partial charge in [-0.05, 0) is 37.3 Å². The lowest BCUT2D eigenvalue weighted by Gasteiger charge is -2.08. The number of benzene rings is 1. The summed E-state index contributed by atoms with van der Waals surface area (Å²) in [6.07, 6.45) is 1.64. The molecule has 0 aliphatic heterocycles. The predicted molar refractivity (Wildman–Crippen MR) is 91.3 cm³/mol. The first-order valence-electron chi connectivity index (χ1n) is 7.17. The van der Waals surface area contributed by atoms with E-state index < -0.39 is 5.97 Å². The first kappa shape index (κ1) is 15.4. The summed E-state index contributed by atoms with van der Waals surface area (Å²) >= 11 is 4.39. The summed E-state index contributed by atoms with van der Waals surface area (Å²) in [6.45, 7) is 2.08. The van der Waals surface area contributed by atoms with Crippen molar-refractivity contribution in [3.05, 3.63) is 42.2 Å². The molecule has 0 atom stereocenters. The van der Waals surface area contributed by atoms with Crippen LogP contribution in [0.15, 0.2) is 41.4 Å². The molecule has 1 N–H and O–H groups in total. The Kier molecular flexibility index (Phi) is 4.25. The number of aromatic nitrogens is 2. The first-order valence-corrected chi connectivity index (χ1v) is 7.61. The van der Waals surface area contributed by atoms with E-state index in [0.29, 0.717) is 23.7 Å². The average molecular weight is 328 g/mol. The van der Waals surface area contributed by atoms with E-state index in [1.807, 2.05) is 24.3 Å². The highest BCUT2D eigenvalue weighted by Crippen LogP contribution is 2.37. The summed E-state index contributed by atoms with van der Waals surface area (Å²) in [4.78, 5) is 20.5. The van der Waals surface area contributed by atoms with Crippen LogP contribution in [0, 0.1) is 0 Å². The summed E-state index contributed by atoms with van der Waals surface area (Å²) in [5.41, 5.74) is 2.64. The molecule has 3 aromatic rings. The molecule has 0 fully saturated rings. The molecule has 0 amide bonds. The van der Waals surface area contributed by atoms with Crippen LogP contribution in [0.3, 0.4) is 0 Å². The molecule has 6 heteroatoms. The van der Waals surface area contributed by atoms with Crippen LogP contribution in [-0.2, 0) is 4.74 Å². The van der Waals surface area contributed by atoms with Crippen LogP contribution >= 0.6 is 12.6 Å². The number of nitrogens with one attached hydrogen (secondary N) is 1. The summed E-state index contributed by atoms with van der Waals surface area (Å²) in [5, 5.41) is 0.867. The van der Waals surface area contributed by atoms with Crippen molar-refractivity contribution in [1.82, 2.24) is 9.97 Å². The van der Waals surface area contributed by atoms with Gasteiger partial charge in [0.2, 0.25) is 5.88 Å².